The Bertz CT molecular complexity index is 233. The summed E-state index contributed by atoms with van der Waals surface area (Å²) in [5, 5.41) is 3.85. The van der Waals surface area contributed by atoms with E-state index >= 15 is 0 Å². The predicted octanol–water partition coefficient (Wildman–Crippen LogP) is 2.25. The monoisotopic (exact) mass is 222 g/mol. The first kappa shape index (κ1) is 11.0. The molecular weight excluding hydrogens is 196 g/mol. The molecule has 16 heavy (non-hydrogen) atoms. The van der Waals surface area contributed by atoms with Crippen LogP contribution in [0.1, 0.15) is 46.0 Å². The third-order valence-electron chi connectivity index (χ3n) is 4.57. The Balaban J connectivity index is 1.59. The Labute approximate surface area is 99.8 Å². The Morgan fingerprint density at radius 1 is 1.00 bits per heavy atom. The smallest absolute Gasteiger partial charge is 0.0200 e. The maximum absolute atomic E-state index is 3.85. The van der Waals surface area contributed by atoms with Crippen LogP contribution in [0.3, 0.4) is 0 Å². The minimum Gasteiger partial charge on any atom is -0.310 e. The maximum Gasteiger partial charge on any atom is 0.0200 e. The van der Waals surface area contributed by atoms with Crippen molar-refractivity contribution in [3.63, 3.8) is 0 Å². The van der Waals surface area contributed by atoms with E-state index in [4.69, 9.17) is 0 Å². The summed E-state index contributed by atoms with van der Waals surface area (Å²) < 4.78 is 0. The second kappa shape index (κ2) is 4.30. The van der Waals surface area contributed by atoms with Gasteiger partial charge in [0.05, 0.1) is 0 Å². The molecule has 2 atom stereocenters. The highest BCUT2D eigenvalue weighted by Gasteiger charge is 2.38. The van der Waals surface area contributed by atoms with Crippen molar-refractivity contribution >= 4 is 0 Å². The molecule has 2 saturated carbocycles. The van der Waals surface area contributed by atoms with E-state index in [9.17, 15) is 0 Å². The molecule has 2 heteroatoms. The zero-order valence-electron chi connectivity index (χ0n) is 10.8. The van der Waals surface area contributed by atoms with Gasteiger partial charge in [0.1, 0.15) is 0 Å². The summed E-state index contributed by atoms with van der Waals surface area (Å²) >= 11 is 0. The molecule has 1 saturated heterocycles. The van der Waals surface area contributed by atoms with Gasteiger partial charge in [-0.25, -0.2) is 0 Å². The van der Waals surface area contributed by atoms with Gasteiger partial charge in [0.15, 0.2) is 0 Å². The second-order valence-electron chi connectivity index (χ2n) is 6.56. The standard InChI is InChI=1S/C14H26N2/c1-10(2)11-7-13(15-12-3-4-12)9-16(8-11)14-5-6-14/h10-15H,3-9H2,1-2H3. The van der Waals surface area contributed by atoms with E-state index in [1.165, 1.54) is 45.2 Å². The van der Waals surface area contributed by atoms with Crippen molar-refractivity contribution in [3.05, 3.63) is 0 Å². The van der Waals surface area contributed by atoms with Crippen LogP contribution in [0.4, 0.5) is 0 Å². The number of nitrogens with zero attached hydrogens (tertiary/aromatic N) is 1. The largest absolute Gasteiger partial charge is 0.310 e. The van der Waals surface area contributed by atoms with Crippen LogP contribution >= 0.6 is 0 Å². The van der Waals surface area contributed by atoms with Crippen molar-refractivity contribution in [2.45, 2.75) is 64.1 Å². The molecule has 2 nitrogen and oxygen atoms in total. The van der Waals surface area contributed by atoms with Gasteiger partial charge >= 0.3 is 0 Å². The van der Waals surface area contributed by atoms with Gasteiger partial charge in [-0.1, -0.05) is 13.8 Å². The summed E-state index contributed by atoms with van der Waals surface area (Å²) in [5.41, 5.74) is 0. The summed E-state index contributed by atoms with van der Waals surface area (Å²) in [4.78, 5) is 2.77. The van der Waals surface area contributed by atoms with Crippen molar-refractivity contribution < 1.29 is 0 Å². The average molecular weight is 222 g/mol. The molecule has 0 aromatic heterocycles. The first-order valence-electron chi connectivity index (χ1n) is 7.22. The molecule has 0 amide bonds. The summed E-state index contributed by atoms with van der Waals surface area (Å²) in [5.74, 6) is 1.77. The van der Waals surface area contributed by atoms with E-state index in [1.807, 2.05) is 0 Å². The number of hydrogen-bond acceptors (Lipinski definition) is 2. The third-order valence-corrected chi connectivity index (χ3v) is 4.57. The van der Waals surface area contributed by atoms with Gasteiger partial charge < -0.3 is 5.32 Å². The predicted molar refractivity (Wildman–Crippen MR) is 67.5 cm³/mol. The van der Waals surface area contributed by atoms with Crippen LogP contribution in [-0.2, 0) is 0 Å². The maximum atomic E-state index is 3.85. The van der Waals surface area contributed by atoms with Crippen molar-refractivity contribution in [2.24, 2.45) is 11.8 Å². The molecule has 2 aliphatic carbocycles. The quantitative estimate of drug-likeness (QED) is 0.785. The van der Waals surface area contributed by atoms with Crippen molar-refractivity contribution in [2.75, 3.05) is 13.1 Å². The summed E-state index contributed by atoms with van der Waals surface area (Å²) in [6, 6.07) is 2.61. The number of nitrogens with one attached hydrogen (secondary N) is 1. The van der Waals surface area contributed by atoms with Crippen LogP contribution in [0.2, 0.25) is 0 Å². The van der Waals surface area contributed by atoms with E-state index in [1.54, 1.807) is 0 Å². The number of rotatable bonds is 4. The van der Waals surface area contributed by atoms with E-state index in [0.717, 1.165) is 30.0 Å². The molecule has 0 radical (unpaired) electrons. The molecule has 3 rings (SSSR count). The lowest BCUT2D eigenvalue weighted by molar-refractivity contribution is 0.109. The molecule has 92 valence electrons. The number of likely N-dealkylation sites (tertiary alicyclic amines) is 1. The van der Waals surface area contributed by atoms with E-state index < -0.39 is 0 Å². The van der Waals surface area contributed by atoms with Crippen molar-refractivity contribution in [1.82, 2.24) is 10.2 Å². The molecule has 1 N–H and O–H groups in total. The summed E-state index contributed by atoms with van der Waals surface area (Å²) in [6.07, 6.45) is 7.18. The number of hydrogen-bond donors (Lipinski definition) is 1. The molecule has 3 fully saturated rings. The van der Waals surface area contributed by atoms with Gasteiger partial charge in [-0.3, -0.25) is 4.90 Å². The third kappa shape index (κ3) is 2.60. The van der Waals surface area contributed by atoms with Crippen LogP contribution in [0.15, 0.2) is 0 Å². The van der Waals surface area contributed by atoms with Crippen molar-refractivity contribution in [3.8, 4) is 0 Å². The zero-order valence-corrected chi connectivity index (χ0v) is 10.8. The summed E-state index contributed by atoms with van der Waals surface area (Å²) in [7, 11) is 0. The molecule has 0 aromatic rings. The molecular formula is C14H26N2. The Hall–Kier alpha value is -0.0800. The molecule has 2 unspecified atom stereocenters. The van der Waals surface area contributed by atoms with Gasteiger partial charge in [0, 0.05) is 31.2 Å². The van der Waals surface area contributed by atoms with Crippen LogP contribution in [-0.4, -0.2) is 36.1 Å². The Morgan fingerprint density at radius 3 is 2.31 bits per heavy atom. The van der Waals surface area contributed by atoms with Gasteiger partial charge in [-0.2, -0.15) is 0 Å². The highest BCUT2D eigenvalue weighted by atomic mass is 15.2. The fourth-order valence-corrected chi connectivity index (χ4v) is 3.10. The van der Waals surface area contributed by atoms with Gasteiger partial charge in [-0.05, 0) is 43.9 Å². The fourth-order valence-electron chi connectivity index (χ4n) is 3.10. The lowest BCUT2D eigenvalue weighted by atomic mass is 9.85. The molecule has 0 bridgehead atoms. The van der Waals surface area contributed by atoms with Crippen LogP contribution in [0.5, 0.6) is 0 Å². The molecule has 0 aromatic carbocycles. The minimum atomic E-state index is 0.786. The van der Waals surface area contributed by atoms with Gasteiger partial charge in [0.25, 0.3) is 0 Å². The highest BCUT2D eigenvalue weighted by molar-refractivity contribution is 4.95. The lowest BCUT2D eigenvalue weighted by Gasteiger charge is -2.40. The van der Waals surface area contributed by atoms with E-state index in [-0.39, 0.29) is 0 Å². The Kier molecular flexibility index (Phi) is 2.97. The van der Waals surface area contributed by atoms with Crippen LogP contribution in [0, 0.1) is 11.8 Å². The minimum absolute atomic E-state index is 0.786. The topological polar surface area (TPSA) is 15.3 Å². The SMILES string of the molecule is CC(C)C1CC(NC2CC2)CN(C2CC2)C1. The van der Waals surface area contributed by atoms with E-state index in [2.05, 4.69) is 24.1 Å². The van der Waals surface area contributed by atoms with Gasteiger partial charge in [0.2, 0.25) is 0 Å². The van der Waals surface area contributed by atoms with Crippen LogP contribution < -0.4 is 5.32 Å². The average Bonchev–Trinajstić information content (AvgIpc) is 3.11. The number of piperidine rings is 1. The molecule has 1 heterocycles. The summed E-state index contributed by atoms with van der Waals surface area (Å²) in [6.45, 7) is 7.49. The lowest BCUT2D eigenvalue weighted by Crippen LogP contribution is -2.51. The van der Waals surface area contributed by atoms with Crippen LogP contribution in [0.25, 0.3) is 0 Å². The first-order chi connectivity index (χ1) is 7.72. The zero-order chi connectivity index (χ0) is 11.1. The molecule has 3 aliphatic rings. The molecule has 0 spiro atoms. The van der Waals surface area contributed by atoms with E-state index in [0.29, 0.717) is 0 Å². The molecule has 1 aliphatic heterocycles. The van der Waals surface area contributed by atoms with Crippen molar-refractivity contribution in [1.29, 1.82) is 0 Å². The fraction of sp³-hybridized carbons (Fsp3) is 1.00. The second-order valence-corrected chi connectivity index (χ2v) is 6.56. The normalized spacial score (nSPS) is 36.9. The Morgan fingerprint density at radius 2 is 1.75 bits per heavy atom. The highest BCUT2D eigenvalue weighted by Crippen LogP contribution is 2.34. The first-order valence-corrected chi connectivity index (χ1v) is 7.22. The van der Waals surface area contributed by atoms with Gasteiger partial charge in [-0.15, -0.1) is 0 Å².